The van der Waals surface area contributed by atoms with Gasteiger partial charge in [0.25, 0.3) is 0 Å². The molecule has 1 aromatic carbocycles. The predicted molar refractivity (Wildman–Crippen MR) is 104 cm³/mol. The van der Waals surface area contributed by atoms with Gasteiger partial charge >= 0.3 is 0 Å². The van der Waals surface area contributed by atoms with E-state index in [1.165, 1.54) is 0 Å². The summed E-state index contributed by atoms with van der Waals surface area (Å²) in [5, 5.41) is 3.51. The van der Waals surface area contributed by atoms with Gasteiger partial charge in [-0.3, -0.25) is 4.90 Å². The number of hydrogen-bond donors (Lipinski definition) is 1. The van der Waals surface area contributed by atoms with E-state index in [4.69, 9.17) is 18.9 Å². The van der Waals surface area contributed by atoms with Gasteiger partial charge in [0.15, 0.2) is 11.5 Å². The minimum atomic E-state index is 0. The fourth-order valence-corrected chi connectivity index (χ4v) is 2.95. The fraction of sp³-hybridized carbons (Fsp3) is 0.647. The first kappa shape index (κ1) is 24.1. The van der Waals surface area contributed by atoms with Crippen LogP contribution in [0.15, 0.2) is 12.1 Å². The molecule has 1 fully saturated rings. The van der Waals surface area contributed by atoms with Gasteiger partial charge in [-0.05, 0) is 24.6 Å². The van der Waals surface area contributed by atoms with Crippen LogP contribution in [0.2, 0.25) is 0 Å². The summed E-state index contributed by atoms with van der Waals surface area (Å²) in [5.74, 6) is 2.02. The molecule has 2 atom stereocenters. The Hall–Kier alpha value is -0.920. The Balaban J connectivity index is 0.00000288. The molecule has 1 aliphatic heterocycles. The molecule has 1 saturated heterocycles. The van der Waals surface area contributed by atoms with Crippen LogP contribution < -0.4 is 19.5 Å². The first-order valence-electron chi connectivity index (χ1n) is 7.90. The van der Waals surface area contributed by atoms with Crippen molar-refractivity contribution in [2.45, 2.75) is 25.6 Å². The SMILES string of the molecule is COc1cc(CN2CCNC(C(C)OC)C2)cc(OC)c1OC.Cl.Cl. The monoisotopic (exact) mass is 396 g/mol. The molecule has 1 aromatic rings. The Kier molecular flexibility index (Phi) is 11.2. The maximum Gasteiger partial charge on any atom is 0.203 e. The molecular formula is C17H30Cl2N2O4. The number of hydrogen-bond acceptors (Lipinski definition) is 6. The molecule has 0 spiro atoms. The Labute approximate surface area is 163 Å². The summed E-state index contributed by atoms with van der Waals surface area (Å²) in [6.45, 7) is 5.85. The topological polar surface area (TPSA) is 52.2 Å². The summed E-state index contributed by atoms with van der Waals surface area (Å²) < 4.78 is 21.7. The van der Waals surface area contributed by atoms with Gasteiger partial charge in [0, 0.05) is 39.3 Å². The molecule has 0 amide bonds. The van der Waals surface area contributed by atoms with Crippen LogP contribution in [0.1, 0.15) is 12.5 Å². The van der Waals surface area contributed by atoms with E-state index in [9.17, 15) is 0 Å². The molecule has 0 radical (unpaired) electrons. The molecule has 1 heterocycles. The first-order valence-corrected chi connectivity index (χ1v) is 7.90. The smallest absolute Gasteiger partial charge is 0.203 e. The van der Waals surface area contributed by atoms with E-state index in [1.54, 1.807) is 28.4 Å². The molecule has 8 heteroatoms. The molecule has 0 aliphatic carbocycles. The highest BCUT2D eigenvalue weighted by Gasteiger charge is 2.24. The molecule has 6 nitrogen and oxygen atoms in total. The third-order valence-corrected chi connectivity index (χ3v) is 4.36. The molecule has 25 heavy (non-hydrogen) atoms. The molecule has 2 unspecified atom stereocenters. The van der Waals surface area contributed by atoms with Gasteiger partial charge in [0.2, 0.25) is 5.75 Å². The van der Waals surface area contributed by atoms with Gasteiger partial charge in [-0.2, -0.15) is 0 Å². The Morgan fingerprint density at radius 1 is 1.08 bits per heavy atom. The number of halogens is 2. The summed E-state index contributed by atoms with van der Waals surface area (Å²) in [4.78, 5) is 2.41. The standard InChI is InChI=1S/C17H28N2O4.2ClH/c1-12(20-2)14-11-19(7-6-18-14)10-13-8-15(21-3)17(23-5)16(9-13)22-4;;/h8-9,12,14,18H,6-7,10-11H2,1-5H3;2*1H. The highest BCUT2D eigenvalue weighted by molar-refractivity contribution is 5.85. The molecule has 0 bridgehead atoms. The van der Waals surface area contributed by atoms with Crippen molar-refractivity contribution in [3.63, 3.8) is 0 Å². The van der Waals surface area contributed by atoms with Crippen molar-refractivity contribution in [2.24, 2.45) is 0 Å². The summed E-state index contributed by atoms with van der Waals surface area (Å²) in [6, 6.07) is 4.37. The van der Waals surface area contributed by atoms with E-state index in [1.807, 2.05) is 12.1 Å². The van der Waals surface area contributed by atoms with Gasteiger partial charge in [-0.25, -0.2) is 0 Å². The zero-order chi connectivity index (χ0) is 16.8. The largest absolute Gasteiger partial charge is 0.493 e. The number of ether oxygens (including phenoxy) is 4. The lowest BCUT2D eigenvalue weighted by atomic mass is 10.1. The number of nitrogens with zero attached hydrogens (tertiary/aromatic N) is 1. The third kappa shape index (κ3) is 6.08. The van der Waals surface area contributed by atoms with Crippen molar-refractivity contribution in [2.75, 3.05) is 48.1 Å². The summed E-state index contributed by atoms with van der Waals surface area (Å²) in [7, 11) is 6.65. The number of benzene rings is 1. The predicted octanol–water partition coefficient (Wildman–Crippen LogP) is 2.36. The Bertz CT molecular complexity index is 494. The lowest BCUT2D eigenvalue weighted by Gasteiger charge is -2.36. The van der Waals surface area contributed by atoms with Crippen molar-refractivity contribution in [3.8, 4) is 17.2 Å². The molecule has 2 rings (SSSR count). The van der Waals surface area contributed by atoms with Crippen LogP contribution in [0.25, 0.3) is 0 Å². The number of piperazine rings is 1. The zero-order valence-electron chi connectivity index (χ0n) is 15.5. The Morgan fingerprint density at radius 3 is 2.16 bits per heavy atom. The van der Waals surface area contributed by atoms with Crippen LogP contribution in [0.5, 0.6) is 17.2 Å². The van der Waals surface area contributed by atoms with Gasteiger partial charge in [0.05, 0.1) is 27.4 Å². The third-order valence-electron chi connectivity index (χ3n) is 4.36. The number of nitrogens with one attached hydrogen (secondary N) is 1. The second-order valence-corrected chi connectivity index (χ2v) is 5.77. The van der Waals surface area contributed by atoms with Crippen LogP contribution in [-0.2, 0) is 11.3 Å². The number of rotatable bonds is 7. The summed E-state index contributed by atoms with van der Waals surface area (Å²) in [5.41, 5.74) is 1.14. The van der Waals surface area contributed by atoms with E-state index >= 15 is 0 Å². The lowest BCUT2D eigenvalue weighted by Crippen LogP contribution is -2.54. The minimum absolute atomic E-state index is 0. The highest BCUT2D eigenvalue weighted by atomic mass is 35.5. The van der Waals surface area contributed by atoms with Crippen molar-refractivity contribution in [3.05, 3.63) is 17.7 Å². The van der Waals surface area contributed by atoms with Crippen LogP contribution in [0.3, 0.4) is 0 Å². The molecular weight excluding hydrogens is 367 g/mol. The molecule has 146 valence electrons. The van der Waals surface area contributed by atoms with E-state index in [0.717, 1.165) is 31.7 Å². The van der Waals surface area contributed by atoms with Crippen LogP contribution in [0, 0.1) is 0 Å². The van der Waals surface area contributed by atoms with E-state index in [2.05, 4.69) is 17.1 Å². The molecule has 0 saturated carbocycles. The van der Waals surface area contributed by atoms with E-state index in [-0.39, 0.29) is 30.9 Å². The van der Waals surface area contributed by atoms with E-state index in [0.29, 0.717) is 23.3 Å². The summed E-state index contributed by atoms with van der Waals surface area (Å²) >= 11 is 0. The first-order chi connectivity index (χ1) is 11.1. The normalized spacial score (nSPS) is 18.5. The van der Waals surface area contributed by atoms with Crippen molar-refractivity contribution >= 4 is 24.8 Å². The maximum atomic E-state index is 5.45. The van der Waals surface area contributed by atoms with Crippen molar-refractivity contribution < 1.29 is 18.9 Å². The molecule has 1 aliphatic rings. The van der Waals surface area contributed by atoms with Gasteiger partial charge in [0.1, 0.15) is 0 Å². The second-order valence-electron chi connectivity index (χ2n) is 5.77. The van der Waals surface area contributed by atoms with Crippen LogP contribution in [-0.4, -0.2) is 65.1 Å². The van der Waals surface area contributed by atoms with Crippen molar-refractivity contribution in [1.29, 1.82) is 0 Å². The summed E-state index contributed by atoms with van der Waals surface area (Å²) in [6.07, 6.45) is 0.192. The number of methoxy groups -OCH3 is 4. The lowest BCUT2D eigenvalue weighted by molar-refractivity contribution is 0.0502. The minimum Gasteiger partial charge on any atom is -0.493 e. The highest BCUT2D eigenvalue weighted by Crippen LogP contribution is 2.38. The zero-order valence-corrected chi connectivity index (χ0v) is 17.2. The van der Waals surface area contributed by atoms with Gasteiger partial charge in [-0.15, -0.1) is 24.8 Å². The molecule has 1 N–H and O–H groups in total. The molecule has 0 aromatic heterocycles. The van der Waals surface area contributed by atoms with Crippen LogP contribution >= 0.6 is 24.8 Å². The van der Waals surface area contributed by atoms with Crippen molar-refractivity contribution in [1.82, 2.24) is 10.2 Å². The van der Waals surface area contributed by atoms with E-state index < -0.39 is 0 Å². The maximum absolute atomic E-state index is 5.45. The second kappa shape index (κ2) is 11.6. The van der Waals surface area contributed by atoms with Gasteiger partial charge < -0.3 is 24.3 Å². The average Bonchev–Trinajstić information content (AvgIpc) is 2.60. The Morgan fingerprint density at radius 2 is 1.68 bits per heavy atom. The fourth-order valence-electron chi connectivity index (χ4n) is 2.95. The average molecular weight is 397 g/mol. The van der Waals surface area contributed by atoms with Crippen LogP contribution in [0.4, 0.5) is 0 Å². The quantitative estimate of drug-likeness (QED) is 0.763. The van der Waals surface area contributed by atoms with Gasteiger partial charge in [-0.1, -0.05) is 0 Å².